The van der Waals surface area contributed by atoms with Gasteiger partial charge in [0, 0.05) is 35.6 Å². The van der Waals surface area contributed by atoms with Crippen LogP contribution in [0.2, 0.25) is 0 Å². The van der Waals surface area contributed by atoms with Crippen LogP contribution in [0.15, 0.2) is 54.6 Å². The molecule has 7 rings (SSSR count). The molecule has 1 spiro atoms. The fraction of sp³-hybridized carbons (Fsp3) is 0.286. The number of rotatable bonds is 3. The number of anilines is 1. The summed E-state index contributed by atoms with van der Waals surface area (Å²) < 4.78 is 5.42. The fourth-order valence-corrected chi connectivity index (χ4v) is 6.02. The van der Waals surface area contributed by atoms with Gasteiger partial charge in [0.15, 0.2) is 0 Å². The van der Waals surface area contributed by atoms with Gasteiger partial charge in [-0.3, -0.25) is 9.89 Å². The molecule has 1 saturated carbocycles. The van der Waals surface area contributed by atoms with E-state index in [1.165, 1.54) is 16.7 Å². The SMILES string of the molecule is COc1ccc2c(c1)[C@]1(C[C@H]1c1ccc3c(-c4ccc5c(c4)CN(C)CC5)n[nH]c3c1)C(=O)N2. The molecule has 6 heteroatoms. The monoisotopic (exact) mass is 450 g/mol. The molecule has 34 heavy (non-hydrogen) atoms. The molecule has 170 valence electrons. The van der Waals surface area contributed by atoms with Gasteiger partial charge in [0.25, 0.3) is 0 Å². The first-order valence-corrected chi connectivity index (χ1v) is 11.9. The van der Waals surface area contributed by atoms with Crippen molar-refractivity contribution in [3.05, 3.63) is 76.9 Å². The van der Waals surface area contributed by atoms with E-state index in [1.807, 2.05) is 18.2 Å². The Balaban J connectivity index is 1.24. The normalized spacial score (nSPS) is 23.1. The maximum atomic E-state index is 13.0. The zero-order chi connectivity index (χ0) is 23.0. The van der Waals surface area contributed by atoms with Crippen LogP contribution in [0.1, 0.15) is 34.6 Å². The number of nitrogens with one attached hydrogen (secondary N) is 2. The molecule has 3 aliphatic rings. The Hall–Kier alpha value is -3.64. The predicted octanol–water partition coefficient (Wildman–Crippen LogP) is 4.60. The molecule has 3 aromatic carbocycles. The van der Waals surface area contributed by atoms with Crippen LogP contribution < -0.4 is 10.1 Å². The topological polar surface area (TPSA) is 70.2 Å². The van der Waals surface area contributed by atoms with Crippen molar-refractivity contribution in [2.24, 2.45) is 0 Å². The van der Waals surface area contributed by atoms with Crippen molar-refractivity contribution in [1.82, 2.24) is 15.1 Å². The van der Waals surface area contributed by atoms with Crippen molar-refractivity contribution in [3.63, 3.8) is 0 Å². The van der Waals surface area contributed by atoms with Crippen LogP contribution in [0.5, 0.6) is 5.75 Å². The first-order valence-electron chi connectivity index (χ1n) is 11.9. The number of benzene rings is 3. The van der Waals surface area contributed by atoms with E-state index < -0.39 is 5.41 Å². The lowest BCUT2D eigenvalue weighted by Crippen LogP contribution is -2.26. The molecule has 2 atom stereocenters. The smallest absolute Gasteiger partial charge is 0.235 e. The number of amides is 1. The van der Waals surface area contributed by atoms with Gasteiger partial charge in [-0.25, -0.2) is 0 Å². The number of fused-ring (bicyclic) bond motifs is 4. The number of hydrogen-bond acceptors (Lipinski definition) is 4. The van der Waals surface area contributed by atoms with Gasteiger partial charge in [-0.05, 0) is 72.5 Å². The lowest BCUT2D eigenvalue weighted by Gasteiger charge is -2.25. The molecular weight excluding hydrogens is 424 g/mol. The third-order valence-electron chi connectivity index (χ3n) is 7.99. The summed E-state index contributed by atoms with van der Waals surface area (Å²) in [4.78, 5) is 15.4. The lowest BCUT2D eigenvalue weighted by atomic mass is 9.91. The van der Waals surface area contributed by atoms with Crippen molar-refractivity contribution in [3.8, 4) is 17.0 Å². The second-order valence-electron chi connectivity index (χ2n) is 9.94. The number of carbonyl (C=O) groups excluding carboxylic acids is 1. The Labute approximate surface area is 197 Å². The molecule has 0 radical (unpaired) electrons. The van der Waals surface area contributed by atoms with Crippen LogP contribution >= 0.6 is 0 Å². The number of H-pyrrole nitrogens is 1. The lowest BCUT2D eigenvalue weighted by molar-refractivity contribution is -0.118. The molecule has 0 saturated heterocycles. The number of aromatic amines is 1. The molecule has 1 fully saturated rings. The highest BCUT2D eigenvalue weighted by atomic mass is 16.5. The van der Waals surface area contributed by atoms with Gasteiger partial charge in [-0.15, -0.1) is 0 Å². The highest BCUT2D eigenvalue weighted by Crippen LogP contribution is 2.65. The van der Waals surface area contributed by atoms with Crippen molar-refractivity contribution in [2.45, 2.75) is 30.7 Å². The minimum Gasteiger partial charge on any atom is -0.497 e. The van der Waals surface area contributed by atoms with E-state index in [2.05, 4.69) is 63.9 Å². The number of aromatic nitrogens is 2. The average molecular weight is 451 g/mol. The molecule has 0 unspecified atom stereocenters. The summed E-state index contributed by atoms with van der Waals surface area (Å²) in [7, 11) is 3.83. The van der Waals surface area contributed by atoms with E-state index in [1.54, 1.807) is 7.11 Å². The zero-order valence-electron chi connectivity index (χ0n) is 19.3. The fourth-order valence-electron chi connectivity index (χ4n) is 6.02. The number of hydrogen-bond donors (Lipinski definition) is 2. The Morgan fingerprint density at radius 2 is 2.00 bits per heavy atom. The third-order valence-corrected chi connectivity index (χ3v) is 7.99. The maximum Gasteiger partial charge on any atom is 0.235 e. The Bertz CT molecular complexity index is 1490. The second-order valence-corrected chi connectivity index (χ2v) is 9.94. The number of likely N-dealkylation sites (N-methyl/N-ethyl adjacent to an activating group) is 1. The van der Waals surface area contributed by atoms with E-state index in [0.717, 1.165) is 65.1 Å². The van der Waals surface area contributed by atoms with E-state index in [-0.39, 0.29) is 11.8 Å². The van der Waals surface area contributed by atoms with Crippen molar-refractivity contribution in [1.29, 1.82) is 0 Å². The Morgan fingerprint density at radius 3 is 2.88 bits per heavy atom. The molecule has 2 N–H and O–H groups in total. The highest BCUT2D eigenvalue weighted by molar-refractivity contribution is 6.10. The summed E-state index contributed by atoms with van der Waals surface area (Å²) in [5.74, 6) is 1.02. The van der Waals surface area contributed by atoms with Crippen LogP contribution in [-0.4, -0.2) is 41.7 Å². The number of carbonyl (C=O) groups is 1. The van der Waals surface area contributed by atoms with Crippen LogP contribution in [0.3, 0.4) is 0 Å². The largest absolute Gasteiger partial charge is 0.497 e. The van der Waals surface area contributed by atoms with Gasteiger partial charge in [-0.1, -0.05) is 24.3 Å². The molecule has 1 aliphatic carbocycles. The minimum atomic E-state index is -0.495. The van der Waals surface area contributed by atoms with Gasteiger partial charge in [0.05, 0.1) is 23.7 Å². The molecule has 2 aliphatic heterocycles. The van der Waals surface area contributed by atoms with Gasteiger partial charge >= 0.3 is 0 Å². The Kier molecular flexibility index (Phi) is 4.04. The Morgan fingerprint density at radius 1 is 1.09 bits per heavy atom. The summed E-state index contributed by atoms with van der Waals surface area (Å²) in [6.45, 7) is 2.09. The quantitative estimate of drug-likeness (QED) is 0.479. The molecule has 4 aromatic rings. The molecule has 6 nitrogen and oxygen atoms in total. The van der Waals surface area contributed by atoms with E-state index in [9.17, 15) is 4.79 Å². The molecular formula is C28H26N4O2. The number of ether oxygens (including phenoxy) is 1. The first-order chi connectivity index (χ1) is 16.6. The van der Waals surface area contributed by atoms with Crippen molar-refractivity contribution in [2.75, 3.05) is 26.0 Å². The average Bonchev–Trinajstić information content (AvgIpc) is 3.38. The van der Waals surface area contributed by atoms with Crippen LogP contribution in [0, 0.1) is 0 Å². The van der Waals surface area contributed by atoms with Gasteiger partial charge in [-0.2, -0.15) is 5.10 Å². The molecule has 0 bridgehead atoms. The van der Waals surface area contributed by atoms with Gasteiger partial charge in [0.2, 0.25) is 5.91 Å². The predicted molar refractivity (Wildman–Crippen MR) is 132 cm³/mol. The third kappa shape index (κ3) is 2.72. The summed E-state index contributed by atoms with van der Waals surface area (Å²) >= 11 is 0. The molecule has 1 amide bonds. The van der Waals surface area contributed by atoms with Gasteiger partial charge < -0.3 is 15.0 Å². The highest BCUT2D eigenvalue weighted by Gasteiger charge is 2.65. The summed E-state index contributed by atoms with van der Waals surface area (Å²) in [6, 6.07) is 19.1. The number of nitrogens with zero attached hydrogens (tertiary/aromatic N) is 2. The standard InChI is InChI=1S/C28H26N4O2/c1-32-10-9-16-3-4-18(11-19(16)15-32)26-21-7-5-17(12-25(21)30-31-26)23-14-28(23)22-13-20(34-2)6-8-24(22)29-27(28)33/h3-8,11-13,23H,9-10,14-15H2,1-2H3,(H,29,33)(H,30,31)/t23-,28-/m0/s1. The van der Waals surface area contributed by atoms with E-state index >= 15 is 0 Å². The van der Waals surface area contributed by atoms with Crippen LogP contribution in [0.25, 0.3) is 22.2 Å². The maximum absolute atomic E-state index is 13.0. The first kappa shape index (κ1) is 19.8. The number of methoxy groups -OCH3 is 1. The summed E-state index contributed by atoms with van der Waals surface area (Å²) in [6.07, 6.45) is 1.91. The van der Waals surface area contributed by atoms with E-state index in [0.29, 0.717) is 0 Å². The summed E-state index contributed by atoms with van der Waals surface area (Å²) in [5, 5.41) is 12.1. The molecule has 1 aromatic heterocycles. The van der Waals surface area contributed by atoms with Gasteiger partial charge in [0.1, 0.15) is 5.75 Å². The van der Waals surface area contributed by atoms with Crippen LogP contribution in [0.4, 0.5) is 5.69 Å². The zero-order valence-corrected chi connectivity index (χ0v) is 19.3. The van der Waals surface area contributed by atoms with E-state index in [4.69, 9.17) is 4.74 Å². The van der Waals surface area contributed by atoms with Crippen molar-refractivity contribution >= 4 is 22.5 Å². The summed E-state index contributed by atoms with van der Waals surface area (Å²) in [5.41, 5.74) is 8.58. The minimum absolute atomic E-state index is 0.0881. The van der Waals surface area contributed by atoms with Crippen LogP contribution in [-0.2, 0) is 23.2 Å². The molecule has 3 heterocycles. The second kappa shape index (κ2) is 6.93. The van der Waals surface area contributed by atoms with Crippen molar-refractivity contribution < 1.29 is 9.53 Å².